The SMILES string of the molecule is CC(C)(C)c1ccc(S(=O)(=O)NCCC(=O)Nc2ccc(F)c(F)c2)cc1. The van der Waals surface area contributed by atoms with Gasteiger partial charge in [-0.25, -0.2) is 21.9 Å². The van der Waals surface area contributed by atoms with Gasteiger partial charge in [-0.1, -0.05) is 32.9 Å². The van der Waals surface area contributed by atoms with Crippen LogP contribution in [-0.2, 0) is 20.2 Å². The van der Waals surface area contributed by atoms with E-state index in [1.54, 1.807) is 12.1 Å². The molecule has 0 saturated carbocycles. The molecule has 0 spiro atoms. The van der Waals surface area contributed by atoms with Crippen molar-refractivity contribution >= 4 is 21.6 Å². The quantitative estimate of drug-likeness (QED) is 0.784. The minimum absolute atomic E-state index is 0.0896. The molecular weight excluding hydrogens is 374 g/mol. The first kappa shape index (κ1) is 21.0. The van der Waals surface area contributed by atoms with E-state index >= 15 is 0 Å². The molecule has 146 valence electrons. The minimum atomic E-state index is -3.74. The Morgan fingerprint density at radius 2 is 1.63 bits per heavy atom. The van der Waals surface area contributed by atoms with Crippen molar-refractivity contribution in [2.75, 3.05) is 11.9 Å². The van der Waals surface area contributed by atoms with E-state index < -0.39 is 27.6 Å². The molecule has 2 rings (SSSR count). The van der Waals surface area contributed by atoms with Crippen molar-refractivity contribution in [1.82, 2.24) is 4.72 Å². The lowest BCUT2D eigenvalue weighted by atomic mass is 9.87. The van der Waals surface area contributed by atoms with Crippen molar-refractivity contribution in [1.29, 1.82) is 0 Å². The first-order valence-corrected chi connectivity index (χ1v) is 9.82. The Balaban J connectivity index is 1.91. The summed E-state index contributed by atoms with van der Waals surface area (Å²) in [4.78, 5) is 11.9. The maximum atomic E-state index is 13.1. The van der Waals surface area contributed by atoms with Crippen molar-refractivity contribution in [3.63, 3.8) is 0 Å². The number of hydrogen-bond donors (Lipinski definition) is 2. The maximum Gasteiger partial charge on any atom is 0.240 e. The maximum absolute atomic E-state index is 13.1. The third kappa shape index (κ3) is 5.83. The summed E-state index contributed by atoms with van der Waals surface area (Å²) in [5.41, 5.74) is 1.01. The normalized spacial score (nSPS) is 12.0. The number of carbonyl (C=O) groups excluding carboxylic acids is 1. The molecule has 0 aliphatic rings. The van der Waals surface area contributed by atoms with Crippen LogP contribution in [0.2, 0.25) is 0 Å². The van der Waals surface area contributed by atoms with Crippen LogP contribution >= 0.6 is 0 Å². The summed E-state index contributed by atoms with van der Waals surface area (Å²) in [7, 11) is -3.74. The van der Waals surface area contributed by atoms with Crippen LogP contribution in [0.5, 0.6) is 0 Å². The van der Waals surface area contributed by atoms with E-state index in [0.717, 1.165) is 17.7 Å². The molecule has 0 aliphatic heterocycles. The predicted octanol–water partition coefficient (Wildman–Crippen LogP) is 3.57. The highest BCUT2D eigenvalue weighted by Gasteiger charge is 2.17. The zero-order chi connectivity index (χ0) is 20.2. The highest BCUT2D eigenvalue weighted by Crippen LogP contribution is 2.23. The van der Waals surface area contributed by atoms with Crippen LogP contribution in [0.25, 0.3) is 0 Å². The molecule has 2 aromatic carbocycles. The molecule has 27 heavy (non-hydrogen) atoms. The molecule has 1 amide bonds. The van der Waals surface area contributed by atoms with Gasteiger partial charge in [0.1, 0.15) is 0 Å². The number of hydrogen-bond acceptors (Lipinski definition) is 3. The van der Waals surface area contributed by atoms with Gasteiger partial charge in [-0.05, 0) is 35.2 Å². The number of halogens is 2. The Morgan fingerprint density at radius 1 is 1.00 bits per heavy atom. The third-order valence-electron chi connectivity index (χ3n) is 3.88. The molecule has 0 fully saturated rings. The smallest absolute Gasteiger partial charge is 0.240 e. The zero-order valence-electron chi connectivity index (χ0n) is 15.3. The topological polar surface area (TPSA) is 75.3 Å². The van der Waals surface area contributed by atoms with Crippen LogP contribution in [0.4, 0.5) is 14.5 Å². The van der Waals surface area contributed by atoms with Crippen LogP contribution in [0.1, 0.15) is 32.8 Å². The number of anilines is 1. The van der Waals surface area contributed by atoms with Crippen LogP contribution in [-0.4, -0.2) is 20.9 Å². The number of amides is 1. The number of carbonyl (C=O) groups is 1. The summed E-state index contributed by atoms with van der Waals surface area (Å²) >= 11 is 0. The van der Waals surface area contributed by atoms with Gasteiger partial charge < -0.3 is 5.32 Å². The van der Waals surface area contributed by atoms with Crippen LogP contribution < -0.4 is 10.0 Å². The summed E-state index contributed by atoms with van der Waals surface area (Å²) in [6.45, 7) is 5.96. The first-order valence-electron chi connectivity index (χ1n) is 8.34. The molecule has 2 N–H and O–H groups in total. The summed E-state index contributed by atoms with van der Waals surface area (Å²) < 4.78 is 52.9. The molecule has 0 heterocycles. The standard InChI is InChI=1S/C19H22F2N2O3S/c1-19(2,3)13-4-7-15(8-5-13)27(25,26)22-11-10-18(24)23-14-6-9-16(20)17(21)12-14/h4-9,12,22H,10-11H2,1-3H3,(H,23,24). The van der Waals surface area contributed by atoms with E-state index in [1.165, 1.54) is 18.2 Å². The number of rotatable bonds is 6. The molecule has 0 aromatic heterocycles. The molecule has 2 aromatic rings. The lowest BCUT2D eigenvalue weighted by molar-refractivity contribution is -0.116. The second-order valence-electron chi connectivity index (χ2n) is 7.10. The fourth-order valence-corrected chi connectivity index (χ4v) is 3.35. The summed E-state index contributed by atoms with van der Waals surface area (Å²) in [5.74, 6) is -2.61. The van der Waals surface area contributed by atoms with E-state index in [9.17, 15) is 22.0 Å². The van der Waals surface area contributed by atoms with E-state index in [1.807, 2.05) is 20.8 Å². The largest absolute Gasteiger partial charge is 0.326 e. The first-order chi connectivity index (χ1) is 12.5. The zero-order valence-corrected chi connectivity index (χ0v) is 16.2. The van der Waals surface area contributed by atoms with E-state index in [4.69, 9.17) is 0 Å². The highest BCUT2D eigenvalue weighted by atomic mass is 32.2. The lowest BCUT2D eigenvalue weighted by Gasteiger charge is -2.19. The minimum Gasteiger partial charge on any atom is -0.326 e. The van der Waals surface area contributed by atoms with E-state index in [2.05, 4.69) is 10.0 Å². The molecule has 8 heteroatoms. The van der Waals surface area contributed by atoms with Gasteiger partial charge in [0.15, 0.2) is 11.6 Å². The number of benzene rings is 2. The van der Waals surface area contributed by atoms with Gasteiger partial charge in [-0.3, -0.25) is 4.79 Å². The molecule has 0 aliphatic carbocycles. The Morgan fingerprint density at radius 3 is 2.19 bits per heavy atom. The van der Waals surface area contributed by atoms with E-state index in [0.29, 0.717) is 0 Å². The van der Waals surface area contributed by atoms with Gasteiger partial charge in [0, 0.05) is 24.7 Å². The number of nitrogens with one attached hydrogen (secondary N) is 2. The monoisotopic (exact) mass is 396 g/mol. The van der Waals surface area contributed by atoms with Crippen LogP contribution in [0.3, 0.4) is 0 Å². The van der Waals surface area contributed by atoms with Gasteiger partial charge in [-0.15, -0.1) is 0 Å². The van der Waals surface area contributed by atoms with Crippen LogP contribution in [0.15, 0.2) is 47.4 Å². The molecule has 0 saturated heterocycles. The molecule has 0 unspecified atom stereocenters. The van der Waals surface area contributed by atoms with Gasteiger partial charge in [-0.2, -0.15) is 0 Å². The average molecular weight is 396 g/mol. The van der Waals surface area contributed by atoms with E-state index in [-0.39, 0.29) is 29.0 Å². The Labute approximate surface area is 157 Å². The van der Waals surface area contributed by atoms with Crippen molar-refractivity contribution in [2.24, 2.45) is 0 Å². The van der Waals surface area contributed by atoms with Crippen molar-refractivity contribution < 1.29 is 22.0 Å². The Hall–Kier alpha value is -2.32. The second-order valence-corrected chi connectivity index (χ2v) is 8.87. The third-order valence-corrected chi connectivity index (χ3v) is 5.36. The summed E-state index contributed by atoms with van der Waals surface area (Å²) in [6, 6.07) is 9.52. The van der Waals surface area contributed by atoms with Crippen molar-refractivity contribution in [3.05, 3.63) is 59.7 Å². The average Bonchev–Trinajstić information content (AvgIpc) is 2.57. The Kier molecular flexibility index (Phi) is 6.33. The molecular formula is C19H22F2N2O3S. The highest BCUT2D eigenvalue weighted by molar-refractivity contribution is 7.89. The molecule has 0 radical (unpaired) electrons. The molecule has 0 atom stereocenters. The van der Waals surface area contributed by atoms with Gasteiger partial charge in [0.25, 0.3) is 0 Å². The fourth-order valence-electron chi connectivity index (χ4n) is 2.31. The fraction of sp³-hybridized carbons (Fsp3) is 0.316. The van der Waals surface area contributed by atoms with Crippen molar-refractivity contribution in [2.45, 2.75) is 37.5 Å². The number of sulfonamides is 1. The lowest BCUT2D eigenvalue weighted by Crippen LogP contribution is -2.28. The van der Waals surface area contributed by atoms with Gasteiger partial charge in [0.2, 0.25) is 15.9 Å². The van der Waals surface area contributed by atoms with Crippen LogP contribution in [0, 0.1) is 11.6 Å². The molecule has 0 bridgehead atoms. The summed E-state index contributed by atoms with van der Waals surface area (Å²) in [6.07, 6.45) is -0.154. The predicted molar refractivity (Wildman–Crippen MR) is 99.9 cm³/mol. The van der Waals surface area contributed by atoms with Gasteiger partial charge >= 0.3 is 0 Å². The van der Waals surface area contributed by atoms with Gasteiger partial charge in [0.05, 0.1) is 4.90 Å². The Bertz CT molecular complexity index is 921. The molecule has 5 nitrogen and oxygen atoms in total. The second kappa shape index (κ2) is 8.14. The van der Waals surface area contributed by atoms with Crippen molar-refractivity contribution in [3.8, 4) is 0 Å². The summed E-state index contributed by atoms with van der Waals surface area (Å²) in [5, 5.41) is 2.38.